The van der Waals surface area contributed by atoms with Crippen LogP contribution in [0.25, 0.3) is 0 Å². The van der Waals surface area contributed by atoms with E-state index in [0.717, 1.165) is 24.9 Å². The molecule has 1 unspecified atom stereocenters. The van der Waals surface area contributed by atoms with Crippen molar-refractivity contribution in [3.05, 3.63) is 59.7 Å². The van der Waals surface area contributed by atoms with Gasteiger partial charge < -0.3 is 10.2 Å². The molecule has 1 fully saturated rings. The molecule has 0 spiro atoms. The largest absolute Gasteiger partial charge is 0.345 e. The number of hydrogen-bond acceptors (Lipinski definition) is 5. The Labute approximate surface area is 196 Å². The Morgan fingerprint density at radius 1 is 1.06 bits per heavy atom. The molecule has 178 valence electrons. The number of piperidine rings is 1. The number of aryl methyl sites for hydroxylation is 1. The molecule has 0 radical (unpaired) electrons. The third kappa shape index (κ3) is 7.12. The lowest BCUT2D eigenvalue weighted by Gasteiger charge is -2.32. The van der Waals surface area contributed by atoms with Gasteiger partial charge in [-0.25, -0.2) is 13.1 Å². The Hall–Kier alpha value is -2.75. The van der Waals surface area contributed by atoms with E-state index in [0.29, 0.717) is 24.3 Å². The molecular weight excluding hydrogens is 440 g/mol. The molecule has 8 nitrogen and oxygen atoms in total. The lowest BCUT2D eigenvalue weighted by atomic mass is 9.98. The van der Waals surface area contributed by atoms with Crippen molar-refractivity contribution >= 4 is 27.5 Å². The third-order valence-electron chi connectivity index (χ3n) is 5.69. The molecule has 9 heteroatoms. The van der Waals surface area contributed by atoms with Crippen LogP contribution in [-0.2, 0) is 14.8 Å². The number of nitrogens with one attached hydrogen (secondary N) is 2. The highest BCUT2D eigenvalue weighted by Gasteiger charge is 2.24. The molecule has 2 aromatic carbocycles. The molecule has 0 bridgehead atoms. The zero-order chi connectivity index (χ0) is 24.0. The highest BCUT2D eigenvalue weighted by molar-refractivity contribution is 7.89. The molecule has 1 aliphatic rings. The Bertz CT molecular complexity index is 1070. The number of rotatable bonds is 8. The standard InChI is InChI=1S/C24H32N4O4S/c1-18-6-12-22(13-7-18)33(31,32)25-15-19-5-4-14-28(16-19)17-23(29)26-21-10-8-20(9-11-21)24(30)27(2)3/h6-13,19,25H,4-5,14-17H2,1-3H3,(H,26,29). The van der Waals surface area contributed by atoms with Gasteiger partial charge in [0.05, 0.1) is 11.4 Å². The fourth-order valence-corrected chi connectivity index (χ4v) is 4.96. The highest BCUT2D eigenvalue weighted by Crippen LogP contribution is 2.18. The van der Waals surface area contributed by atoms with Crippen LogP contribution in [0.4, 0.5) is 5.69 Å². The monoisotopic (exact) mass is 472 g/mol. The fraction of sp³-hybridized carbons (Fsp3) is 0.417. The minimum absolute atomic E-state index is 0.0924. The average molecular weight is 473 g/mol. The summed E-state index contributed by atoms with van der Waals surface area (Å²) in [5, 5.41) is 2.86. The van der Waals surface area contributed by atoms with Crippen molar-refractivity contribution in [2.24, 2.45) is 5.92 Å². The van der Waals surface area contributed by atoms with Gasteiger partial charge >= 0.3 is 0 Å². The second-order valence-electron chi connectivity index (χ2n) is 8.73. The van der Waals surface area contributed by atoms with E-state index in [4.69, 9.17) is 0 Å². The Morgan fingerprint density at radius 3 is 2.36 bits per heavy atom. The van der Waals surface area contributed by atoms with E-state index in [9.17, 15) is 18.0 Å². The highest BCUT2D eigenvalue weighted by atomic mass is 32.2. The van der Waals surface area contributed by atoms with Gasteiger partial charge in [-0.15, -0.1) is 0 Å². The normalized spacial score (nSPS) is 16.9. The number of likely N-dealkylation sites (tertiary alicyclic amines) is 1. The number of anilines is 1. The molecule has 2 amide bonds. The summed E-state index contributed by atoms with van der Waals surface area (Å²) in [6.45, 7) is 3.94. The number of amides is 2. The Morgan fingerprint density at radius 2 is 1.73 bits per heavy atom. The molecule has 0 aliphatic carbocycles. The first-order valence-corrected chi connectivity index (χ1v) is 12.5. The van der Waals surface area contributed by atoms with E-state index in [1.807, 2.05) is 11.8 Å². The molecular formula is C24H32N4O4S. The zero-order valence-corrected chi connectivity index (χ0v) is 20.2. The summed E-state index contributed by atoms with van der Waals surface area (Å²) in [5.41, 5.74) is 2.20. The van der Waals surface area contributed by atoms with E-state index in [1.165, 1.54) is 4.90 Å². The van der Waals surface area contributed by atoms with Crippen LogP contribution >= 0.6 is 0 Å². The smallest absolute Gasteiger partial charge is 0.253 e. The lowest BCUT2D eigenvalue weighted by Crippen LogP contribution is -2.43. The molecule has 1 atom stereocenters. The molecule has 0 aromatic heterocycles. The summed E-state index contributed by atoms with van der Waals surface area (Å²) >= 11 is 0. The Kier molecular flexibility index (Phi) is 8.23. The van der Waals surface area contributed by atoms with Crippen molar-refractivity contribution in [1.82, 2.24) is 14.5 Å². The van der Waals surface area contributed by atoms with Gasteiger partial charge in [-0.2, -0.15) is 0 Å². The number of carbonyl (C=O) groups is 2. The Balaban J connectivity index is 1.48. The number of nitrogens with zero attached hydrogens (tertiary/aromatic N) is 2. The van der Waals surface area contributed by atoms with E-state index in [2.05, 4.69) is 10.0 Å². The summed E-state index contributed by atoms with van der Waals surface area (Å²) in [6, 6.07) is 13.6. The topological polar surface area (TPSA) is 98.8 Å². The molecule has 33 heavy (non-hydrogen) atoms. The summed E-state index contributed by atoms with van der Waals surface area (Å²) < 4.78 is 27.8. The van der Waals surface area contributed by atoms with Gasteiger partial charge in [0.2, 0.25) is 15.9 Å². The van der Waals surface area contributed by atoms with Crippen LogP contribution in [0.15, 0.2) is 53.4 Å². The maximum Gasteiger partial charge on any atom is 0.253 e. The minimum Gasteiger partial charge on any atom is -0.345 e. The second kappa shape index (κ2) is 10.9. The van der Waals surface area contributed by atoms with E-state index in [1.54, 1.807) is 62.6 Å². The van der Waals surface area contributed by atoms with Crippen LogP contribution < -0.4 is 10.0 Å². The van der Waals surface area contributed by atoms with E-state index >= 15 is 0 Å². The minimum atomic E-state index is -3.55. The first-order chi connectivity index (χ1) is 15.6. The van der Waals surface area contributed by atoms with Crippen molar-refractivity contribution in [1.29, 1.82) is 0 Å². The lowest BCUT2D eigenvalue weighted by molar-refractivity contribution is -0.117. The van der Waals surface area contributed by atoms with Gasteiger partial charge in [0.1, 0.15) is 0 Å². The van der Waals surface area contributed by atoms with E-state index < -0.39 is 10.0 Å². The van der Waals surface area contributed by atoms with Crippen LogP contribution in [-0.4, -0.2) is 70.3 Å². The van der Waals surface area contributed by atoms with Gasteiger partial charge in [0.25, 0.3) is 5.91 Å². The molecule has 0 saturated carbocycles. The maximum absolute atomic E-state index is 12.5. The SMILES string of the molecule is Cc1ccc(S(=O)(=O)NCC2CCCN(CC(=O)Nc3ccc(C(=O)N(C)C)cc3)C2)cc1. The van der Waals surface area contributed by atoms with E-state index in [-0.39, 0.29) is 29.2 Å². The first kappa shape index (κ1) is 24.9. The van der Waals surface area contributed by atoms with Crippen molar-refractivity contribution in [3.8, 4) is 0 Å². The summed E-state index contributed by atoms with van der Waals surface area (Å²) in [5.74, 6) is -0.0871. The van der Waals surface area contributed by atoms with Crippen LogP contribution in [0.2, 0.25) is 0 Å². The number of sulfonamides is 1. The third-order valence-corrected chi connectivity index (χ3v) is 7.12. The molecule has 1 saturated heterocycles. The van der Waals surface area contributed by atoms with Crippen LogP contribution in [0, 0.1) is 12.8 Å². The maximum atomic E-state index is 12.5. The summed E-state index contributed by atoms with van der Waals surface area (Å²) in [6.07, 6.45) is 1.82. The number of hydrogen-bond donors (Lipinski definition) is 2. The average Bonchev–Trinajstić information content (AvgIpc) is 2.78. The number of carbonyl (C=O) groups excluding carboxylic acids is 2. The molecule has 2 N–H and O–H groups in total. The molecule has 1 heterocycles. The van der Waals surface area contributed by atoms with Crippen LogP contribution in [0.1, 0.15) is 28.8 Å². The predicted molar refractivity (Wildman–Crippen MR) is 129 cm³/mol. The van der Waals surface area contributed by atoms with Crippen LogP contribution in [0.3, 0.4) is 0 Å². The van der Waals surface area contributed by atoms with Gasteiger partial charge in [0.15, 0.2) is 0 Å². The second-order valence-corrected chi connectivity index (χ2v) is 10.5. The first-order valence-electron chi connectivity index (χ1n) is 11.0. The predicted octanol–water partition coefficient (Wildman–Crippen LogP) is 2.33. The summed E-state index contributed by atoms with van der Waals surface area (Å²) in [4.78, 5) is 28.3. The molecule has 3 rings (SSSR count). The zero-order valence-electron chi connectivity index (χ0n) is 19.4. The van der Waals surface area contributed by atoms with Gasteiger partial charge in [-0.05, 0) is 68.6 Å². The van der Waals surface area contributed by atoms with Gasteiger partial charge in [0, 0.05) is 38.4 Å². The van der Waals surface area contributed by atoms with Gasteiger partial charge in [-0.1, -0.05) is 17.7 Å². The van der Waals surface area contributed by atoms with Crippen molar-refractivity contribution in [2.45, 2.75) is 24.7 Å². The number of benzene rings is 2. The van der Waals surface area contributed by atoms with Crippen molar-refractivity contribution < 1.29 is 18.0 Å². The van der Waals surface area contributed by atoms with Gasteiger partial charge in [-0.3, -0.25) is 14.5 Å². The quantitative estimate of drug-likeness (QED) is 0.614. The summed E-state index contributed by atoms with van der Waals surface area (Å²) in [7, 11) is -0.164. The van der Waals surface area contributed by atoms with Crippen LogP contribution in [0.5, 0.6) is 0 Å². The van der Waals surface area contributed by atoms with Crippen molar-refractivity contribution in [3.63, 3.8) is 0 Å². The molecule has 2 aromatic rings. The van der Waals surface area contributed by atoms with Crippen molar-refractivity contribution in [2.75, 3.05) is 45.6 Å². The fourth-order valence-electron chi connectivity index (χ4n) is 3.85. The molecule has 1 aliphatic heterocycles.